The molecule has 2 heterocycles. The van der Waals surface area contributed by atoms with Crippen molar-refractivity contribution in [2.24, 2.45) is 5.92 Å². The first-order valence-electron chi connectivity index (χ1n) is 8.60. The maximum Gasteiger partial charge on any atom is 0.324 e. The Hall–Kier alpha value is -1.61. The first-order chi connectivity index (χ1) is 10.9. The second-order valence-corrected chi connectivity index (χ2v) is 7.71. The van der Waals surface area contributed by atoms with Crippen molar-refractivity contribution in [1.82, 2.24) is 4.90 Å². The van der Waals surface area contributed by atoms with Crippen molar-refractivity contribution < 1.29 is 9.53 Å². The van der Waals surface area contributed by atoms with Crippen molar-refractivity contribution in [3.63, 3.8) is 0 Å². The van der Waals surface area contributed by atoms with E-state index in [1.165, 1.54) is 5.56 Å². The molecule has 4 rings (SSSR count). The predicted octanol–water partition coefficient (Wildman–Crippen LogP) is 4.11. The zero-order chi connectivity index (χ0) is 16.6. The van der Waals surface area contributed by atoms with Crippen molar-refractivity contribution in [1.29, 1.82) is 0 Å². The fourth-order valence-corrected chi connectivity index (χ4v) is 3.86. The zero-order valence-electron chi connectivity index (χ0n) is 14.5. The molecule has 0 aromatic heterocycles. The maximum atomic E-state index is 12.9. The van der Waals surface area contributed by atoms with Crippen LogP contribution in [-0.4, -0.2) is 28.6 Å². The van der Waals surface area contributed by atoms with Crippen LogP contribution in [0, 0.1) is 5.92 Å². The molecule has 3 aliphatic rings. The lowest BCUT2D eigenvalue weighted by molar-refractivity contribution is -0.168. The van der Waals surface area contributed by atoms with Gasteiger partial charge in [0.1, 0.15) is 11.6 Å². The van der Waals surface area contributed by atoms with Crippen molar-refractivity contribution >= 4 is 5.97 Å². The van der Waals surface area contributed by atoms with Gasteiger partial charge in [0, 0.05) is 18.0 Å². The monoisotopic (exact) mass is 313 g/mol. The van der Waals surface area contributed by atoms with E-state index in [0.717, 1.165) is 12.8 Å². The van der Waals surface area contributed by atoms with E-state index in [9.17, 15) is 4.79 Å². The molecule has 1 aromatic rings. The minimum Gasteiger partial charge on any atom is -0.459 e. The van der Waals surface area contributed by atoms with Crippen LogP contribution in [0.1, 0.15) is 52.1 Å². The number of hydrogen-bond donors (Lipinski definition) is 0. The van der Waals surface area contributed by atoms with Gasteiger partial charge in [0.15, 0.2) is 0 Å². The van der Waals surface area contributed by atoms with Crippen molar-refractivity contribution in [2.75, 3.05) is 0 Å². The zero-order valence-corrected chi connectivity index (χ0v) is 14.5. The fraction of sp³-hybridized carbons (Fsp3) is 0.550. The van der Waals surface area contributed by atoms with Crippen LogP contribution in [0.4, 0.5) is 0 Å². The summed E-state index contributed by atoms with van der Waals surface area (Å²) in [5, 5.41) is 0. The Balaban J connectivity index is 1.89. The maximum absolute atomic E-state index is 12.9. The molecule has 1 saturated heterocycles. The second-order valence-electron chi connectivity index (χ2n) is 7.71. The lowest BCUT2D eigenvalue weighted by Gasteiger charge is -2.50. The van der Waals surface area contributed by atoms with Crippen LogP contribution in [0.2, 0.25) is 0 Å². The van der Waals surface area contributed by atoms with Crippen LogP contribution < -0.4 is 0 Å². The SMILES string of the molecule is C[C@H](c1ccccc1)N1[C@@H]2C=C[C@@H](CC2)[C@H]1C(=O)OC(C)(C)C. The van der Waals surface area contributed by atoms with Gasteiger partial charge < -0.3 is 4.74 Å². The van der Waals surface area contributed by atoms with Gasteiger partial charge in [-0.05, 0) is 46.1 Å². The van der Waals surface area contributed by atoms with Crippen LogP contribution >= 0.6 is 0 Å². The smallest absolute Gasteiger partial charge is 0.324 e. The molecule has 4 atom stereocenters. The number of benzene rings is 1. The third-order valence-corrected chi connectivity index (χ3v) is 4.86. The van der Waals surface area contributed by atoms with Crippen molar-refractivity contribution in [3.05, 3.63) is 48.0 Å². The molecule has 23 heavy (non-hydrogen) atoms. The highest BCUT2D eigenvalue weighted by Gasteiger charge is 2.46. The third kappa shape index (κ3) is 3.35. The van der Waals surface area contributed by atoms with Gasteiger partial charge in [-0.1, -0.05) is 42.5 Å². The topological polar surface area (TPSA) is 29.5 Å². The van der Waals surface area contributed by atoms with Crippen LogP contribution in [-0.2, 0) is 9.53 Å². The number of hydrogen-bond acceptors (Lipinski definition) is 3. The molecule has 2 bridgehead atoms. The van der Waals surface area contributed by atoms with Gasteiger partial charge in [-0.25, -0.2) is 0 Å². The van der Waals surface area contributed by atoms with E-state index >= 15 is 0 Å². The largest absolute Gasteiger partial charge is 0.459 e. The van der Waals surface area contributed by atoms with Crippen LogP contribution in [0.3, 0.4) is 0 Å². The van der Waals surface area contributed by atoms with Gasteiger partial charge in [0.05, 0.1) is 0 Å². The molecule has 1 fully saturated rings. The fourth-order valence-electron chi connectivity index (χ4n) is 3.86. The summed E-state index contributed by atoms with van der Waals surface area (Å²) in [6.07, 6.45) is 6.69. The number of esters is 1. The number of ether oxygens (including phenoxy) is 1. The molecule has 0 saturated carbocycles. The Labute approximate surface area is 139 Å². The first-order valence-corrected chi connectivity index (χ1v) is 8.60. The van der Waals surface area contributed by atoms with E-state index in [1.807, 2.05) is 26.8 Å². The lowest BCUT2D eigenvalue weighted by atomic mass is 9.78. The van der Waals surface area contributed by atoms with E-state index < -0.39 is 5.60 Å². The van der Waals surface area contributed by atoms with Gasteiger partial charge >= 0.3 is 5.97 Å². The van der Waals surface area contributed by atoms with E-state index in [-0.39, 0.29) is 24.0 Å². The number of nitrogens with zero attached hydrogens (tertiary/aromatic N) is 1. The Bertz CT molecular complexity index is 587. The number of rotatable bonds is 3. The molecule has 0 spiro atoms. The van der Waals surface area contributed by atoms with Gasteiger partial charge in [-0.15, -0.1) is 0 Å². The molecule has 1 aliphatic carbocycles. The molecular formula is C20H27NO2. The summed E-state index contributed by atoms with van der Waals surface area (Å²) in [6.45, 7) is 8.01. The average molecular weight is 313 g/mol. The molecule has 1 aromatic carbocycles. The van der Waals surface area contributed by atoms with Crippen LogP contribution in [0.5, 0.6) is 0 Å². The Kier molecular flexibility index (Phi) is 4.33. The molecule has 0 unspecified atom stereocenters. The normalized spacial score (nSPS) is 28.6. The quantitative estimate of drug-likeness (QED) is 0.621. The Morgan fingerprint density at radius 2 is 1.87 bits per heavy atom. The summed E-state index contributed by atoms with van der Waals surface area (Å²) in [6, 6.07) is 10.8. The molecule has 2 aliphatic heterocycles. The molecule has 3 heteroatoms. The molecule has 0 radical (unpaired) electrons. The second kappa shape index (κ2) is 6.12. The minimum atomic E-state index is -0.445. The van der Waals surface area contributed by atoms with E-state index in [0.29, 0.717) is 6.04 Å². The molecule has 0 amide bonds. The minimum absolute atomic E-state index is 0.0840. The van der Waals surface area contributed by atoms with Gasteiger partial charge in [-0.3, -0.25) is 9.69 Å². The highest BCUT2D eigenvalue weighted by molar-refractivity contribution is 5.77. The van der Waals surface area contributed by atoms with Gasteiger partial charge in [-0.2, -0.15) is 0 Å². The highest BCUT2D eigenvalue weighted by Crippen LogP contribution is 2.41. The van der Waals surface area contributed by atoms with Gasteiger partial charge in [0.25, 0.3) is 0 Å². The van der Waals surface area contributed by atoms with E-state index in [2.05, 4.69) is 48.2 Å². The van der Waals surface area contributed by atoms with Gasteiger partial charge in [0.2, 0.25) is 0 Å². The average Bonchev–Trinajstić information content (AvgIpc) is 2.53. The summed E-state index contributed by atoms with van der Waals surface area (Å²) >= 11 is 0. The summed E-state index contributed by atoms with van der Waals surface area (Å²) in [7, 11) is 0. The predicted molar refractivity (Wildman–Crippen MR) is 92.0 cm³/mol. The summed E-state index contributed by atoms with van der Waals surface area (Å²) < 4.78 is 5.73. The number of fused-ring (bicyclic) bond motifs is 2. The van der Waals surface area contributed by atoms with Crippen molar-refractivity contribution in [3.8, 4) is 0 Å². The third-order valence-electron chi connectivity index (χ3n) is 4.86. The lowest BCUT2D eigenvalue weighted by Crippen LogP contribution is -2.58. The van der Waals surface area contributed by atoms with Crippen LogP contribution in [0.15, 0.2) is 42.5 Å². The number of carbonyl (C=O) groups is 1. The first kappa shape index (κ1) is 16.3. The summed E-state index contributed by atoms with van der Waals surface area (Å²) in [4.78, 5) is 15.2. The van der Waals surface area contributed by atoms with Crippen molar-refractivity contribution in [2.45, 2.75) is 64.3 Å². The Morgan fingerprint density at radius 3 is 2.43 bits per heavy atom. The Morgan fingerprint density at radius 1 is 1.17 bits per heavy atom. The standard InChI is InChI=1S/C20H27NO2/c1-14(15-8-6-5-7-9-15)21-17-12-10-16(11-13-17)18(21)19(22)23-20(2,3)4/h5-10,12,14,16-18H,11,13H2,1-4H3/t14-,16+,17-,18+/m1/s1. The molecule has 3 nitrogen and oxygen atoms in total. The molecule has 0 N–H and O–H groups in total. The summed E-state index contributed by atoms with van der Waals surface area (Å²) in [5.74, 6) is 0.181. The number of carbonyl (C=O) groups excluding carboxylic acids is 1. The van der Waals surface area contributed by atoms with Crippen LogP contribution in [0.25, 0.3) is 0 Å². The highest BCUT2D eigenvalue weighted by atomic mass is 16.6. The number of piperidine rings is 1. The van der Waals surface area contributed by atoms with E-state index in [4.69, 9.17) is 4.74 Å². The van der Waals surface area contributed by atoms with E-state index in [1.54, 1.807) is 0 Å². The molecular weight excluding hydrogens is 286 g/mol. The molecule has 124 valence electrons. The summed E-state index contributed by atoms with van der Waals surface area (Å²) in [5.41, 5.74) is 0.807.